The molecule has 78 valence electrons. The van der Waals surface area contributed by atoms with Crippen LogP contribution in [0.3, 0.4) is 0 Å². The van der Waals surface area contributed by atoms with Crippen molar-refractivity contribution in [3.8, 4) is 0 Å². The van der Waals surface area contributed by atoms with Crippen LogP contribution < -0.4 is 5.56 Å². The largest absolute Gasteiger partial charge is 0.481 e. The van der Waals surface area contributed by atoms with E-state index in [1.165, 1.54) is 10.7 Å². The van der Waals surface area contributed by atoms with E-state index in [0.29, 0.717) is 6.42 Å². The molecule has 0 fully saturated rings. The highest BCUT2D eigenvalue weighted by Crippen LogP contribution is 2.06. The van der Waals surface area contributed by atoms with Crippen molar-refractivity contribution in [3.05, 3.63) is 22.1 Å². The van der Waals surface area contributed by atoms with Crippen molar-refractivity contribution < 1.29 is 9.90 Å². The van der Waals surface area contributed by atoms with Crippen LogP contribution in [0.5, 0.6) is 0 Å². The lowest BCUT2D eigenvalue weighted by atomic mass is 10.1. The molecule has 1 atom stereocenters. The van der Waals surface area contributed by atoms with Gasteiger partial charge in [-0.1, -0.05) is 6.92 Å². The molecule has 0 bridgehead atoms. The third-order valence-electron chi connectivity index (χ3n) is 2.41. The van der Waals surface area contributed by atoms with E-state index in [4.69, 9.17) is 5.11 Å². The lowest BCUT2D eigenvalue weighted by molar-refractivity contribution is -0.141. The van der Waals surface area contributed by atoms with Gasteiger partial charge in [0, 0.05) is 32.3 Å². The van der Waals surface area contributed by atoms with Crippen molar-refractivity contribution in [2.24, 2.45) is 20.0 Å². The lowest BCUT2D eigenvalue weighted by Crippen LogP contribution is -2.18. The number of nitrogens with zero attached hydrogens (tertiary/aromatic N) is 2. The van der Waals surface area contributed by atoms with Crippen LogP contribution in [0.25, 0.3) is 0 Å². The number of aliphatic carboxylic acids is 1. The van der Waals surface area contributed by atoms with Crippen molar-refractivity contribution in [3.63, 3.8) is 0 Å². The molecule has 1 N–H and O–H groups in total. The second-order valence-corrected chi connectivity index (χ2v) is 3.46. The first-order valence-corrected chi connectivity index (χ1v) is 4.38. The minimum atomic E-state index is -0.846. The van der Waals surface area contributed by atoms with Crippen molar-refractivity contribution in [2.45, 2.75) is 13.3 Å². The Morgan fingerprint density at radius 2 is 2.07 bits per heavy atom. The summed E-state index contributed by atoms with van der Waals surface area (Å²) in [7, 11) is 3.39. The molecule has 0 aliphatic rings. The molecule has 0 aliphatic heterocycles. The van der Waals surface area contributed by atoms with E-state index in [1.54, 1.807) is 25.7 Å². The zero-order chi connectivity index (χ0) is 10.9. The Hall–Kier alpha value is -1.52. The second-order valence-electron chi connectivity index (χ2n) is 3.46. The summed E-state index contributed by atoms with van der Waals surface area (Å²) in [4.78, 5) is 21.8. The topological polar surface area (TPSA) is 64.2 Å². The van der Waals surface area contributed by atoms with Gasteiger partial charge in [0.25, 0.3) is 5.56 Å². The summed E-state index contributed by atoms with van der Waals surface area (Å²) in [5.74, 6) is -1.32. The Balaban J connectivity index is 2.93. The van der Waals surface area contributed by atoms with Crippen LogP contribution in [0.15, 0.2) is 10.9 Å². The van der Waals surface area contributed by atoms with Gasteiger partial charge in [0.05, 0.1) is 5.92 Å². The summed E-state index contributed by atoms with van der Waals surface area (Å²) in [6.45, 7) is 1.62. The molecular formula is C9H14N2O3. The molecule has 1 rings (SSSR count). The number of carboxylic acid groups (broad SMARTS) is 1. The number of hydrogen-bond donors (Lipinski definition) is 1. The Morgan fingerprint density at radius 3 is 2.43 bits per heavy atom. The fraction of sp³-hybridized carbons (Fsp3) is 0.556. The molecule has 1 aromatic heterocycles. The van der Waals surface area contributed by atoms with Gasteiger partial charge in [-0.3, -0.25) is 19.0 Å². The van der Waals surface area contributed by atoms with Crippen molar-refractivity contribution in [1.82, 2.24) is 9.36 Å². The van der Waals surface area contributed by atoms with E-state index >= 15 is 0 Å². The fourth-order valence-electron chi connectivity index (χ4n) is 1.26. The van der Waals surface area contributed by atoms with Crippen molar-refractivity contribution >= 4 is 5.97 Å². The highest BCUT2D eigenvalue weighted by molar-refractivity contribution is 5.69. The molecule has 14 heavy (non-hydrogen) atoms. The van der Waals surface area contributed by atoms with Gasteiger partial charge in [0.2, 0.25) is 0 Å². The van der Waals surface area contributed by atoms with Gasteiger partial charge in [-0.2, -0.15) is 0 Å². The number of rotatable bonds is 3. The third-order valence-corrected chi connectivity index (χ3v) is 2.41. The predicted octanol–water partition coefficient (Wildman–Crippen LogP) is -0.0130. The molecule has 0 radical (unpaired) electrons. The summed E-state index contributed by atoms with van der Waals surface area (Å²) in [6.07, 6.45) is 0.377. The van der Waals surface area contributed by atoms with E-state index in [0.717, 1.165) is 5.69 Å². The first-order valence-electron chi connectivity index (χ1n) is 4.38. The van der Waals surface area contributed by atoms with Crippen LogP contribution in [0.1, 0.15) is 12.6 Å². The summed E-state index contributed by atoms with van der Waals surface area (Å²) < 4.78 is 3.12. The Bertz CT molecular complexity index is 403. The van der Waals surface area contributed by atoms with E-state index < -0.39 is 11.9 Å². The molecule has 5 heteroatoms. The highest BCUT2D eigenvalue weighted by atomic mass is 16.4. The molecule has 0 saturated heterocycles. The molecular weight excluding hydrogens is 184 g/mol. The summed E-state index contributed by atoms with van der Waals surface area (Å²) >= 11 is 0. The van der Waals surface area contributed by atoms with Crippen LogP contribution in [0.4, 0.5) is 0 Å². The van der Waals surface area contributed by atoms with Crippen LogP contribution in [0.2, 0.25) is 0 Å². The highest BCUT2D eigenvalue weighted by Gasteiger charge is 2.14. The van der Waals surface area contributed by atoms with E-state index in [9.17, 15) is 9.59 Å². The first-order chi connectivity index (χ1) is 6.43. The predicted molar refractivity (Wildman–Crippen MR) is 51.2 cm³/mol. The summed E-state index contributed by atoms with van der Waals surface area (Å²) in [6, 6.07) is 1.47. The quantitative estimate of drug-likeness (QED) is 0.742. The SMILES string of the molecule is CC(Cc1cc(=O)n(C)n1C)C(=O)O. The van der Waals surface area contributed by atoms with Gasteiger partial charge in [-0.25, -0.2) is 0 Å². The van der Waals surface area contributed by atoms with E-state index in [2.05, 4.69) is 0 Å². The molecule has 0 aromatic carbocycles. The third kappa shape index (κ3) is 1.86. The average molecular weight is 198 g/mol. The molecule has 1 unspecified atom stereocenters. The Labute approximate surface area is 81.6 Å². The zero-order valence-corrected chi connectivity index (χ0v) is 8.52. The van der Waals surface area contributed by atoms with Crippen LogP contribution in [-0.4, -0.2) is 20.4 Å². The van der Waals surface area contributed by atoms with Gasteiger partial charge < -0.3 is 5.11 Å². The van der Waals surface area contributed by atoms with Gasteiger partial charge in [0.15, 0.2) is 0 Å². The maximum Gasteiger partial charge on any atom is 0.306 e. The number of carboxylic acids is 1. The van der Waals surface area contributed by atoms with Crippen LogP contribution >= 0.6 is 0 Å². The normalized spacial score (nSPS) is 12.8. The average Bonchev–Trinajstić information content (AvgIpc) is 2.33. The molecule has 1 aromatic rings. The smallest absolute Gasteiger partial charge is 0.306 e. The van der Waals surface area contributed by atoms with Gasteiger partial charge >= 0.3 is 5.97 Å². The van der Waals surface area contributed by atoms with E-state index in [-0.39, 0.29) is 5.56 Å². The van der Waals surface area contributed by atoms with Crippen molar-refractivity contribution in [2.75, 3.05) is 0 Å². The van der Waals surface area contributed by atoms with Gasteiger partial charge in [0.1, 0.15) is 0 Å². The zero-order valence-electron chi connectivity index (χ0n) is 8.52. The summed E-state index contributed by atoms with van der Waals surface area (Å²) in [5.41, 5.74) is 0.632. The monoisotopic (exact) mass is 198 g/mol. The minimum Gasteiger partial charge on any atom is -0.481 e. The number of carbonyl (C=O) groups is 1. The summed E-state index contributed by atoms with van der Waals surface area (Å²) in [5, 5.41) is 8.72. The lowest BCUT2D eigenvalue weighted by Gasteiger charge is -2.08. The number of hydrogen-bond acceptors (Lipinski definition) is 2. The maximum absolute atomic E-state index is 11.2. The van der Waals surface area contributed by atoms with Gasteiger partial charge in [-0.05, 0) is 0 Å². The van der Waals surface area contributed by atoms with Crippen LogP contribution in [-0.2, 0) is 25.3 Å². The second kappa shape index (κ2) is 3.69. The minimum absolute atomic E-state index is 0.111. The van der Waals surface area contributed by atoms with Crippen molar-refractivity contribution in [1.29, 1.82) is 0 Å². The first kappa shape index (κ1) is 10.6. The number of aromatic nitrogens is 2. The standard InChI is InChI=1S/C9H14N2O3/c1-6(9(13)14)4-7-5-8(12)11(3)10(7)2/h5-6H,4H2,1-3H3,(H,13,14). The van der Waals surface area contributed by atoms with E-state index in [1.807, 2.05) is 0 Å². The molecule has 0 spiro atoms. The fourth-order valence-corrected chi connectivity index (χ4v) is 1.26. The molecule has 0 saturated carbocycles. The molecule has 0 amide bonds. The maximum atomic E-state index is 11.2. The van der Waals surface area contributed by atoms with Gasteiger partial charge in [-0.15, -0.1) is 0 Å². The van der Waals surface area contributed by atoms with Crippen LogP contribution in [0, 0.1) is 5.92 Å². The molecule has 0 aliphatic carbocycles. The molecule has 5 nitrogen and oxygen atoms in total. The Morgan fingerprint density at radius 1 is 1.50 bits per heavy atom. The molecule has 1 heterocycles. The Kier molecular flexibility index (Phi) is 2.78.